The molecule has 17 heavy (non-hydrogen) atoms. The Kier molecular flexibility index (Phi) is 3.61. The molecule has 0 fully saturated rings. The topological polar surface area (TPSA) is 48.5 Å². The minimum Gasteiger partial charge on any atom is -0.261 e. The zero-order chi connectivity index (χ0) is 12.4. The predicted octanol–water partition coefficient (Wildman–Crippen LogP) is 2.31. The van der Waals surface area contributed by atoms with Gasteiger partial charge in [-0.2, -0.15) is 10.2 Å². The fraction of sp³-hybridized carbons (Fsp3) is 0.545. The first-order chi connectivity index (χ1) is 8.13. The molecule has 0 spiro atoms. The van der Waals surface area contributed by atoms with Gasteiger partial charge in [0.2, 0.25) is 0 Å². The summed E-state index contributed by atoms with van der Waals surface area (Å²) >= 11 is 3.53. The molecule has 0 radical (unpaired) electrons. The van der Waals surface area contributed by atoms with Gasteiger partial charge in [-0.15, -0.1) is 0 Å². The molecule has 0 aliphatic rings. The summed E-state index contributed by atoms with van der Waals surface area (Å²) < 4.78 is 4.96. The molecule has 0 aliphatic carbocycles. The minimum atomic E-state index is 0.665. The molecule has 5 nitrogen and oxygen atoms in total. The van der Waals surface area contributed by atoms with Crippen LogP contribution >= 0.6 is 15.9 Å². The summed E-state index contributed by atoms with van der Waals surface area (Å²) in [6.07, 6.45) is 2.66. The molecule has 0 saturated carbocycles. The Morgan fingerprint density at radius 2 is 2.06 bits per heavy atom. The van der Waals surface area contributed by atoms with Crippen molar-refractivity contribution in [3.63, 3.8) is 0 Å². The monoisotopic (exact) mass is 297 g/mol. The largest absolute Gasteiger partial charge is 0.261 e. The molecule has 0 aliphatic heterocycles. The minimum absolute atomic E-state index is 0.665. The highest BCUT2D eigenvalue weighted by Gasteiger charge is 2.11. The van der Waals surface area contributed by atoms with Crippen LogP contribution in [0.3, 0.4) is 0 Å². The SMILES string of the molecule is CCCn1ncnc1Cn1nc(C)c(Br)c1C. The van der Waals surface area contributed by atoms with E-state index in [9.17, 15) is 0 Å². The molecule has 0 aromatic carbocycles. The molecular weight excluding hydrogens is 282 g/mol. The van der Waals surface area contributed by atoms with Crippen molar-refractivity contribution in [2.75, 3.05) is 0 Å². The van der Waals surface area contributed by atoms with Crippen LogP contribution in [0.25, 0.3) is 0 Å². The van der Waals surface area contributed by atoms with E-state index in [0.29, 0.717) is 6.54 Å². The van der Waals surface area contributed by atoms with Gasteiger partial charge in [-0.3, -0.25) is 4.68 Å². The Labute approximate surface area is 109 Å². The molecule has 0 amide bonds. The van der Waals surface area contributed by atoms with E-state index in [2.05, 4.69) is 38.0 Å². The molecule has 0 bridgehead atoms. The lowest BCUT2D eigenvalue weighted by Gasteiger charge is -2.06. The van der Waals surface area contributed by atoms with E-state index in [-0.39, 0.29) is 0 Å². The molecular formula is C11H16BrN5. The highest BCUT2D eigenvalue weighted by molar-refractivity contribution is 9.10. The number of rotatable bonds is 4. The van der Waals surface area contributed by atoms with Crippen molar-refractivity contribution in [2.24, 2.45) is 0 Å². The Hall–Kier alpha value is -1.17. The molecule has 2 heterocycles. The average Bonchev–Trinajstić information content (AvgIpc) is 2.82. The maximum Gasteiger partial charge on any atom is 0.148 e. The van der Waals surface area contributed by atoms with Crippen LogP contribution in [0.1, 0.15) is 30.6 Å². The third-order valence-corrected chi connectivity index (χ3v) is 3.86. The van der Waals surface area contributed by atoms with Gasteiger partial charge in [0, 0.05) is 6.54 Å². The van der Waals surface area contributed by atoms with Crippen LogP contribution in [-0.2, 0) is 13.1 Å². The Morgan fingerprint density at radius 3 is 2.65 bits per heavy atom. The van der Waals surface area contributed by atoms with Gasteiger partial charge in [0.15, 0.2) is 0 Å². The van der Waals surface area contributed by atoms with E-state index in [1.54, 1.807) is 6.33 Å². The summed E-state index contributed by atoms with van der Waals surface area (Å²) in [6.45, 7) is 7.73. The van der Waals surface area contributed by atoms with Crippen molar-refractivity contribution in [2.45, 2.75) is 40.3 Å². The molecule has 0 N–H and O–H groups in total. The maximum absolute atomic E-state index is 4.47. The summed E-state index contributed by atoms with van der Waals surface area (Å²) in [6, 6.07) is 0. The smallest absolute Gasteiger partial charge is 0.148 e. The fourth-order valence-corrected chi connectivity index (χ4v) is 2.06. The zero-order valence-corrected chi connectivity index (χ0v) is 11.9. The molecule has 2 aromatic rings. The maximum atomic E-state index is 4.47. The Bertz CT molecular complexity index is 514. The third-order valence-electron chi connectivity index (χ3n) is 2.72. The van der Waals surface area contributed by atoms with Crippen molar-refractivity contribution in [3.05, 3.63) is 28.0 Å². The van der Waals surface area contributed by atoms with Crippen LogP contribution in [0.15, 0.2) is 10.8 Å². The molecule has 2 rings (SSSR count). The highest BCUT2D eigenvalue weighted by Crippen LogP contribution is 2.20. The highest BCUT2D eigenvalue weighted by atomic mass is 79.9. The predicted molar refractivity (Wildman–Crippen MR) is 68.8 cm³/mol. The third kappa shape index (κ3) is 2.41. The number of aryl methyl sites for hydroxylation is 2. The molecule has 0 saturated heterocycles. The van der Waals surface area contributed by atoms with E-state index in [0.717, 1.165) is 34.7 Å². The molecule has 0 atom stereocenters. The number of hydrogen-bond acceptors (Lipinski definition) is 3. The van der Waals surface area contributed by atoms with E-state index >= 15 is 0 Å². The van der Waals surface area contributed by atoms with Gasteiger partial charge in [-0.1, -0.05) is 6.92 Å². The summed E-state index contributed by atoms with van der Waals surface area (Å²) in [4.78, 5) is 4.29. The zero-order valence-electron chi connectivity index (χ0n) is 10.3. The summed E-state index contributed by atoms with van der Waals surface area (Å²) in [5.41, 5.74) is 2.12. The van der Waals surface area contributed by atoms with E-state index in [1.807, 2.05) is 23.2 Å². The van der Waals surface area contributed by atoms with E-state index in [4.69, 9.17) is 0 Å². The van der Waals surface area contributed by atoms with Crippen molar-refractivity contribution in [3.8, 4) is 0 Å². The lowest BCUT2D eigenvalue weighted by Crippen LogP contribution is -2.12. The van der Waals surface area contributed by atoms with Crippen molar-refractivity contribution in [1.29, 1.82) is 0 Å². The van der Waals surface area contributed by atoms with Crippen molar-refractivity contribution >= 4 is 15.9 Å². The van der Waals surface area contributed by atoms with Crippen molar-refractivity contribution < 1.29 is 0 Å². The second-order valence-corrected chi connectivity index (χ2v) is 4.83. The first kappa shape index (κ1) is 12.3. The number of hydrogen-bond donors (Lipinski definition) is 0. The molecule has 92 valence electrons. The van der Waals surface area contributed by atoms with E-state index in [1.165, 1.54) is 0 Å². The molecule has 6 heteroatoms. The van der Waals surface area contributed by atoms with Gasteiger partial charge < -0.3 is 0 Å². The first-order valence-corrected chi connectivity index (χ1v) is 6.49. The Morgan fingerprint density at radius 1 is 1.29 bits per heavy atom. The number of nitrogens with zero attached hydrogens (tertiary/aromatic N) is 5. The number of halogens is 1. The van der Waals surface area contributed by atoms with E-state index < -0.39 is 0 Å². The lowest BCUT2D eigenvalue weighted by atomic mass is 10.4. The summed E-state index contributed by atoms with van der Waals surface area (Å²) in [5, 5.41) is 8.69. The lowest BCUT2D eigenvalue weighted by molar-refractivity contribution is 0.533. The average molecular weight is 298 g/mol. The Balaban J connectivity index is 2.25. The van der Waals surface area contributed by atoms with Crippen LogP contribution in [0.4, 0.5) is 0 Å². The second-order valence-electron chi connectivity index (χ2n) is 4.04. The normalized spacial score (nSPS) is 11.1. The summed E-state index contributed by atoms with van der Waals surface area (Å²) in [7, 11) is 0. The summed E-state index contributed by atoms with van der Waals surface area (Å²) in [5.74, 6) is 0.949. The molecule has 0 unspecified atom stereocenters. The van der Waals surface area contributed by atoms with Gasteiger partial charge in [-0.25, -0.2) is 9.67 Å². The van der Waals surface area contributed by atoms with Gasteiger partial charge in [0.1, 0.15) is 18.7 Å². The van der Waals surface area contributed by atoms with Crippen LogP contribution in [0.2, 0.25) is 0 Å². The van der Waals surface area contributed by atoms with Gasteiger partial charge >= 0.3 is 0 Å². The quantitative estimate of drug-likeness (QED) is 0.870. The van der Waals surface area contributed by atoms with Crippen LogP contribution in [0.5, 0.6) is 0 Å². The van der Waals surface area contributed by atoms with Crippen LogP contribution < -0.4 is 0 Å². The molecule has 2 aromatic heterocycles. The van der Waals surface area contributed by atoms with Crippen molar-refractivity contribution in [1.82, 2.24) is 24.5 Å². The second kappa shape index (κ2) is 5.00. The van der Waals surface area contributed by atoms with Gasteiger partial charge in [0.25, 0.3) is 0 Å². The van der Waals surface area contributed by atoms with Gasteiger partial charge in [-0.05, 0) is 36.2 Å². The number of aromatic nitrogens is 5. The van der Waals surface area contributed by atoms with Crippen LogP contribution in [0, 0.1) is 13.8 Å². The first-order valence-electron chi connectivity index (χ1n) is 5.69. The standard InChI is InChI=1S/C11H16BrN5/c1-4-5-16-10(13-7-14-16)6-17-9(3)11(12)8(2)15-17/h7H,4-6H2,1-3H3. The van der Waals surface area contributed by atoms with Crippen LogP contribution in [-0.4, -0.2) is 24.5 Å². The fourth-order valence-electron chi connectivity index (χ4n) is 1.77. The van der Waals surface area contributed by atoms with Gasteiger partial charge in [0.05, 0.1) is 15.9 Å².